The number of aliphatic hydroxyl groups is 2. The van der Waals surface area contributed by atoms with Gasteiger partial charge in [-0.2, -0.15) is 8.62 Å². The molecule has 174 valence electrons. The topological polar surface area (TPSA) is 279 Å². The third-order valence-electron chi connectivity index (χ3n) is 3.82. The van der Waals surface area contributed by atoms with Crippen molar-refractivity contribution in [2.45, 2.75) is 24.5 Å². The van der Waals surface area contributed by atoms with Crippen molar-refractivity contribution in [3.05, 3.63) is 12.7 Å². The molecule has 1 fully saturated rings. The van der Waals surface area contributed by atoms with Gasteiger partial charge in [0.25, 0.3) is 0 Å². The van der Waals surface area contributed by atoms with E-state index in [1.165, 1.54) is 10.9 Å². The van der Waals surface area contributed by atoms with Gasteiger partial charge in [-0.05, 0) is 0 Å². The first-order chi connectivity index (χ1) is 14.2. The molecule has 0 aromatic carbocycles. The molecule has 0 aliphatic carbocycles. The van der Waals surface area contributed by atoms with Gasteiger partial charge in [-0.15, -0.1) is 0 Å². The number of nitrogen functional groups attached to an aromatic ring is 1. The van der Waals surface area contributed by atoms with E-state index < -0.39 is 54.6 Å². The molecule has 1 aliphatic heterocycles. The summed E-state index contributed by atoms with van der Waals surface area (Å²) in [5.41, 5.74) is 6.00. The lowest BCUT2D eigenvalue weighted by Crippen LogP contribution is -2.33. The van der Waals surface area contributed by atoms with Gasteiger partial charge < -0.3 is 40.3 Å². The van der Waals surface area contributed by atoms with Gasteiger partial charge >= 0.3 is 23.5 Å². The summed E-state index contributed by atoms with van der Waals surface area (Å²) < 4.78 is 51.9. The number of ether oxygens (including phenoxy) is 1. The average molecular weight is 509 g/mol. The van der Waals surface area contributed by atoms with E-state index in [0.717, 1.165) is 6.33 Å². The number of hydrogen-bond acceptors (Lipinski definition) is 13. The Hall–Kier alpha value is -1.36. The number of aliphatic hydroxyl groups excluding tert-OH is 2. The number of nitrogens with zero attached hydrogens (tertiary/aromatic N) is 4. The molecule has 3 heterocycles. The molecular weight excluding hydrogens is 493 g/mol. The highest BCUT2D eigenvalue weighted by molar-refractivity contribution is 7.66. The Morgan fingerprint density at radius 1 is 1.16 bits per heavy atom. The van der Waals surface area contributed by atoms with Crippen LogP contribution in [0.5, 0.6) is 0 Å². The van der Waals surface area contributed by atoms with Crippen LogP contribution in [0.1, 0.15) is 6.23 Å². The SMILES string of the molecule is Nc1ncnc2c1ncn2[C@@H]1O[C@H](COP(=O)(O)OP(=O)(O)O[33P](=O)(O)O)[C@@H](O)[C@H]1O. The number of phosphoric ester groups is 1. The van der Waals surface area contributed by atoms with Crippen LogP contribution in [0.2, 0.25) is 0 Å². The number of anilines is 1. The van der Waals surface area contributed by atoms with Gasteiger partial charge in [-0.1, -0.05) is 0 Å². The molecule has 0 spiro atoms. The molecule has 1 aliphatic rings. The first-order valence-corrected chi connectivity index (χ1v) is 12.4. The molecule has 2 aromatic heterocycles. The summed E-state index contributed by atoms with van der Waals surface area (Å²) in [5, 5.41) is 20.4. The second-order valence-corrected chi connectivity index (χ2v) is 10.4. The Morgan fingerprint density at radius 3 is 2.48 bits per heavy atom. The fraction of sp³-hybridized carbons (Fsp3) is 0.500. The van der Waals surface area contributed by atoms with Gasteiger partial charge in [-0.25, -0.2) is 28.6 Å². The van der Waals surface area contributed by atoms with Crippen LogP contribution in [0.4, 0.5) is 5.82 Å². The van der Waals surface area contributed by atoms with E-state index >= 15 is 0 Å². The van der Waals surface area contributed by atoms with Gasteiger partial charge in [0.05, 0.1) is 12.9 Å². The molecule has 18 nitrogen and oxygen atoms in total. The maximum Gasteiger partial charge on any atom is 0.490 e. The summed E-state index contributed by atoms with van der Waals surface area (Å²) >= 11 is 0. The number of hydrogen-bond donors (Lipinski definition) is 7. The van der Waals surface area contributed by atoms with E-state index in [-0.39, 0.29) is 17.0 Å². The van der Waals surface area contributed by atoms with Crippen LogP contribution >= 0.6 is 23.5 Å². The maximum absolute atomic E-state index is 11.8. The predicted molar refractivity (Wildman–Crippen MR) is 95.5 cm³/mol. The molecule has 2 aromatic rings. The first kappa shape index (κ1) is 24.3. The van der Waals surface area contributed by atoms with Crippen molar-refractivity contribution in [1.82, 2.24) is 19.5 Å². The quantitative estimate of drug-likeness (QED) is 0.197. The van der Waals surface area contributed by atoms with E-state index in [2.05, 4.69) is 28.1 Å². The fourth-order valence-corrected chi connectivity index (χ4v) is 5.65. The number of imidazole rings is 1. The number of phosphoric acid groups is 3. The van der Waals surface area contributed by atoms with Crippen LogP contribution in [-0.2, 0) is 31.6 Å². The lowest BCUT2D eigenvalue weighted by molar-refractivity contribution is -0.0503. The van der Waals surface area contributed by atoms with Gasteiger partial charge in [0.15, 0.2) is 17.7 Å². The Kier molecular flexibility index (Phi) is 6.68. The normalized spacial score (nSPS) is 28.5. The van der Waals surface area contributed by atoms with Gasteiger partial charge in [-0.3, -0.25) is 9.09 Å². The van der Waals surface area contributed by atoms with Crippen molar-refractivity contribution < 1.29 is 61.4 Å². The number of fused-ring (bicyclic) bond motifs is 1. The van der Waals surface area contributed by atoms with E-state index in [4.69, 9.17) is 25.2 Å². The summed E-state index contributed by atoms with van der Waals surface area (Å²) in [4.78, 5) is 47.2. The van der Waals surface area contributed by atoms with Crippen LogP contribution < -0.4 is 5.73 Å². The second-order valence-electron chi connectivity index (χ2n) is 6.02. The molecule has 0 saturated carbocycles. The molecule has 0 amide bonds. The van der Waals surface area contributed by atoms with Gasteiger partial charge in [0, 0.05) is 0 Å². The van der Waals surface area contributed by atoms with Crippen molar-refractivity contribution in [2.75, 3.05) is 12.3 Å². The lowest BCUT2D eigenvalue weighted by Gasteiger charge is -2.19. The minimum absolute atomic E-state index is 0.0426. The molecule has 8 N–H and O–H groups in total. The minimum atomic E-state index is -5.70. The van der Waals surface area contributed by atoms with E-state index in [9.17, 15) is 28.8 Å². The van der Waals surface area contributed by atoms with Crippen LogP contribution in [-0.4, -0.2) is 74.2 Å². The summed E-state index contributed by atoms with van der Waals surface area (Å²) in [6, 6.07) is 0. The first-order valence-electron chi connectivity index (χ1n) is 7.92. The third-order valence-corrected chi connectivity index (χ3v) is 7.62. The predicted octanol–water partition coefficient (Wildman–Crippen LogP) is -1.63. The number of rotatable bonds is 8. The molecular formula is C10H16N5O13P3. The van der Waals surface area contributed by atoms with Crippen LogP contribution in [0, 0.1) is 0 Å². The monoisotopic (exact) mass is 509 g/mol. The van der Waals surface area contributed by atoms with Crippen molar-refractivity contribution in [1.29, 1.82) is 0 Å². The van der Waals surface area contributed by atoms with Crippen molar-refractivity contribution in [3.63, 3.8) is 0 Å². The maximum atomic E-state index is 11.8. The zero-order valence-electron chi connectivity index (χ0n) is 14.9. The van der Waals surface area contributed by atoms with E-state index in [0.29, 0.717) is 0 Å². The summed E-state index contributed by atoms with van der Waals surface area (Å²) in [6.07, 6.45) is -3.69. The van der Waals surface area contributed by atoms with E-state index in [1.807, 2.05) is 0 Å². The molecule has 2 unspecified atom stereocenters. The second kappa shape index (κ2) is 8.53. The number of nitrogens with two attached hydrogens (primary N) is 1. The lowest BCUT2D eigenvalue weighted by atomic mass is 10.1. The van der Waals surface area contributed by atoms with Crippen molar-refractivity contribution in [2.24, 2.45) is 0 Å². The third kappa shape index (κ3) is 5.71. The molecule has 31 heavy (non-hydrogen) atoms. The highest BCUT2D eigenvalue weighted by atomic mass is 33.2. The summed E-state index contributed by atoms with van der Waals surface area (Å²) in [6.45, 7) is -0.956. The van der Waals surface area contributed by atoms with E-state index in [1.54, 1.807) is 0 Å². The smallest absolute Gasteiger partial charge is 0.387 e. The Morgan fingerprint density at radius 2 is 1.84 bits per heavy atom. The average Bonchev–Trinajstić information content (AvgIpc) is 3.13. The van der Waals surface area contributed by atoms with Crippen molar-refractivity contribution >= 4 is 40.4 Å². The highest BCUT2D eigenvalue weighted by Gasteiger charge is 2.47. The zero-order chi connectivity index (χ0) is 23.2. The molecule has 21 heteroatoms. The summed E-state index contributed by atoms with van der Waals surface area (Å²) in [5.74, 6) is 0.0426. The van der Waals surface area contributed by atoms with Gasteiger partial charge in [0.1, 0.15) is 30.2 Å². The minimum Gasteiger partial charge on any atom is -0.387 e. The Bertz CT molecular complexity index is 1100. The Balaban J connectivity index is 1.69. The number of aromatic nitrogens is 4. The Labute approximate surface area is 171 Å². The molecule has 0 bridgehead atoms. The standard InChI is InChI=1S/C10H16N5O13P3/c11-8-5-9(13-2-12-8)15(3-14-5)10-7(17)6(16)4(26-10)1-25-30(21,22)28-31(23,24)27-29(18,19)20/h2-4,6-7,10,16-17H,1H2,(H,21,22)(H,23,24)(H2,11,12,13)(H2,18,19,20)/t4-,6-,7-,10-/m1/s1/i29+2. The fourth-order valence-electron chi connectivity index (χ4n) is 2.62. The van der Waals surface area contributed by atoms with Crippen molar-refractivity contribution in [3.8, 4) is 0 Å². The molecule has 6 atom stereocenters. The highest BCUT2D eigenvalue weighted by Crippen LogP contribution is 2.66. The van der Waals surface area contributed by atoms with Crippen LogP contribution in [0.3, 0.4) is 0 Å². The molecule has 1 saturated heterocycles. The van der Waals surface area contributed by atoms with Gasteiger partial charge in [0.2, 0.25) is 0 Å². The van der Waals surface area contributed by atoms with Crippen LogP contribution in [0.15, 0.2) is 12.7 Å². The molecule has 3 rings (SSSR count). The molecule has 0 radical (unpaired) electrons. The largest absolute Gasteiger partial charge is 0.490 e. The summed E-state index contributed by atoms with van der Waals surface area (Å²) in [7, 11) is -16.7. The zero-order valence-corrected chi connectivity index (χ0v) is 17.6. The van der Waals surface area contributed by atoms with Crippen LogP contribution in [0.25, 0.3) is 11.2 Å².